The average molecular weight is 289 g/mol. The Balaban J connectivity index is 1.77. The van der Waals surface area contributed by atoms with Crippen molar-refractivity contribution in [3.05, 3.63) is 23.9 Å². The largest absolute Gasteiger partial charge is 0.481 e. The van der Waals surface area contributed by atoms with E-state index >= 15 is 0 Å². The number of ether oxygens (including phenoxy) is 1. The van der Waals surface area contributed by atoms with Crippen LogP contribution >= 0.6 is 0 Å². The van der Waals surface area contributed by atoms with E-state index in [1.54, 1.807) is 13.3 Å². The van der Waals surface area contributed by atoms with Crippen LogP contribution in [0.5, 0.6) is 5.88 Å². The Kier molecular flexibility index (Phi) is 4.45. The summed E-state index contributed by atoms with van der Waals surface area (Å²) in [5.74, 6) is 0.770. The molecule has 1 aliphatic heterocycles. The molecule has 1 atom stereocenters. The van der Waals surface area contributed by atoms with E-state index in [2.05, 4.69) is 28.2 Å². The molecular formula is C17H27N3O. The number of aromatic nitrogens is 1. The summed E-state index contributed by atoms with van der Waals surface area (Å²) in [5.41, 5.74) is 1.56. The summed E-state index contributed by atoms with van der Waals surface area (Å²) < 4.78 is 5.42. The third-order valence-electron chi connectivity index (χ3n) is 5.18. The number of nitrogens with zero attached hydrogens (tertiary/aromatic N) is 2. The topological polar surface area (TPSA) is 37.4 Å². The minimum absolute atomic E-state index is 0.362. The number of pyridine rings is 1. The van der Waals surface area contributed by atoms with Crippen molar-refractivity contribution >= 4 is 0 Å². The van der Waals surface area contributed by atoms with E-state index in [1.165, 1.54) is 37.7 Å². The molecule has 2 fully saturated rings. The van der Waals surface area contributed by atoms with Gasteiger partial charge in [0.15, 0.2) is 0 Å². The zero-order chi connectivity index (χ0) is 14.7. The fourth-order valence-electron chi connectivity index (χ4n) is 3.96. The molecule has 0 amide bonds. The third kappa shape index (κ3) is 3.06. The highest BCUT2D eigenvalue weighted by atomic mass is 16.5. The quantitative estimate of drug-likeness (QED) is 0.924. The fraction of sp³-hybridized carbons (Fsp3) is 0.706. The van der Waals surface area contributed by atoms with Crippen molar-refractivity contribution in [1.29, 1.82) is 0 Å². The van der Waals surface area contributed by atoms with Gasteiger partial charge < -0.3 is 10.1 Å². The summed E-state index contributed by atoms with van der Waals surface area (Å²) in [6, 6.07) is 4.76. The van der Waals surface area contributed by atoms with Crippen LogP contribution in [0.1, 0.15) is 44.6 Å². The second-order valence-electron chi connectivity index (χ2n) is 6.51. The zero-order valence-corrected chi connectivity index (χ0v) is 13.3. The van der Waals surface area contributed by atoms with Crippen molar-refractivity contribution < 1.29 is 4.74 Å². The van der Waals surface area contributed by atoms with Crippen LogP contribution in [0.4, 0.5) is 0 Å². The van der Waals surface area contributed by atoms with Gasteiger partial charge in [0.2, 0.25) is 5.88 Å². The monoisotopic (exact) mass is 289 g/mol. The molecule has 1 saturated heterocycles. The van der Waals surface area contributed by atoms with Crippen LogP contribution in [0.2, 0.25) is 0 Å². The fourth-order valence-corrected chi connectivity index (χ4v) is 3.96. The minimum Gasteiger partial charge on any atom is -0.481 e. The van der Waals surface area contributed by atoms with Crippen molar-refractivity contribution in [2.45, 2.75) is 57.2 Å². The molecule has 2 heterocycles. The predicted octanol–water partition coefficient (Wildman–Crippen LogP) is 2.59. The van der Waals surface area contributed by atoms with Gasteiger partial charge >= 0.3 is 0 Å². The SMILES string of the molecule is CCC1CNC2(CCCC2)CN1Cc1cccnc1OC. The molecule has 3 rings (SSSR count). The highest BCUT2D eigenvalue weighted by Gasteiger charge is 2.40. The van der Waals surface area contributed by atoms with E-state index in [0.29, 0.717) is 11.6 Å². The molecule has 1 spiro atoms. The van der Waals surface area contributed by atoms with Gasteiger partial charge in [-0.05, 0) is 25.3 Å². The van der Waals surface area contributed by atoms with Gasteiger partial charge in [-0.25, -0.2) is 4.98 Å². The zero-order valence-electron chi connectivity index (χ0n) is 13.3. The van der Waals surface area contributed by atoms with E-state index in [1.807, 2.05) is 6.07 Å². The molecule has 1 N–H and O–H groups in total. The molecule has 0 bridgehead atoms. The first-order valence-corrected chi connectivity index (χ1v) is 8.23. The van der Waals surface area contributed by atoms with Crippen LogP contribution in [0.3, 0.4) is 0 Å². The van der Waals surface area contributed by atoms with Gasteiger partial charge in [0.05, 0.1) is 7.11 Å². The van der Waals surface area contributed by atoms with Gasteiger partial charge in [-0.1, -0.05) is 25.8 Å². The maximum atomic E-state index is 5.42. The lowest BCUT2D eigenvalue weighted by molar-refractivity contribution is 0.0710. The first-order chi connectivity index (χ1) is 10.3. The second kappa shape index (κ2) is 6.32. The standard InChI is InChI=1S/C17H27N3O/c1-3-15-11-19-17(8-4-5-9-17)13-20(15)12-14-7-6-10-18-16(14)21-2/h6-7,10,15,19H,3-5,8-9,11-13H2,1-2H3. The smallest absolute Gasteiger partial charge is 0.217 e. The molecule has 21 heavy (non-hydrogen) atoms. The van der Waals surface area contributed by atoms with Crippen LogP contribution in [-0.4, -0.2) is 41.7 Å². The lowest BCUT2D eigenvalue weighted by Crippen LogP contribution is -2.62. The van der Waals surface area contributed by atoms with Gasteiger partial charge in [0, 0.05) is 43.0 Å². The van der Waals surface area contributed by atoms with E-state index < -0.39 is 0 Å². The molecule has 1 aromatic rings. The van der Waals surface area contributed by atoms with E-state index in [0.717, 1.165) is 25.5 Å². The Hall–Kier alpha value is -1.13. The summed E-state index contributed by atoms with van der Waals surface area (Å²) in [5, 5.41) is 3.85. The molecular weight excluding hydrogens is 262 g/mol. The molecule has 116 valence electrons. The van der Waals surface area contributed by atoms with Crippen molar-refractivity contribution in [3.63, 3.8) is 0 Å². The van der Waals surface area contributed by atoms with Gasteiger partial charge in [-0.3, -0.25) is 4.90 Å². The average Bonchev–Trinajstić information content (AvgIpc) is 2.96. The second-order valence-corrected chi connectivity index (χ2v) is 6.51. The van der Waals surface area contributed by atoms with Crippen molar-refractivity contribution in [3.8, 4) is 5.88 Å². The van der Waals surface area contributed by atoms with Crippen LogP contribution in [-0.2, 0) is 6.54 Å². The number of piperazine rings is 1. The number of methoxy groups -OCH3 is 1. The molecule has 0 aromatic carbocycles. The molecule has 1 saturated carbocycles. The van der Waals surface area contributed by atoms with Crippen LogP contribution < -0.4 is 10.1 Å². The van der Waals surface area contributed by atoms with Crippen molar-refractivity contribution in [2.75, 3.05) is 20.2 Å². The van der Waals surface area contributed by atoms with Crippen molar-refractivity contribution in [1.82, 2.24) is 15.2 Å². The normalized spacial score (nSPS) is 25.3. The summed E-state index contributed by atoms with van der Waals surface area (Å²) in [7, 11) is 1.71. The van der Waals surface area contributed by atoms with Crippen LogP contribution in [0.15, 0.2) is 18.3 Å². The van der Waals surface area contributed by atoms with Gasteiger partial charge in [0.1, 0.15) is 0 Å². The molecule has 2 aliphatic rings. The minimum atomic E-state index is 0.362. The molecule has 4 nitrogen and oxygen atoms in total. The number of nitrogens with one attached hydrogen (secondary N) is 1. The first-order valence-electron chi connectivity index (χ1n) is 8.23. The summed E-state index contributed by atoms with van der Waals surface area (Å²) in [6.07, 6.45) is 8.37. The third-order valence-corrected chi connectivity index (χ3v) is 5.18. The van der Waals surface area contributed by atoms with Gasteiger partial charge in [-0.15, -0.1) is 0 Å². The van der Waals surface area contributed by atoms with Gasteiger partial charge in [-0.2, -0.15) is 0 Å². The Bertz CT molecular complexity index is 471. The summed E-state index contributed by atoms with van der Waals surface area (Å²) in [6.45, 7) is 5.49. The predicted molar refractivity (Wildman–Crippen MR) is 84.5 cm³/mol. The van der Waals surface area contributed by atoms with Gasteiger partial charge in [0.25, 0.3) is 0 Å². The van der Waals surface area contributed by atoms with E-state index in [-0.39, 0.29) is 0 Å². The molecule has 1 unspecified atom stereocenters. The maximum Gasteiger partial charge on any atom is 0.217 e. The van der Waals surface area contributed by atoms with Crippen molar-refractivity contribution in [2.24, 2.45) is 0 Å². The Morgan fingerprint density at radius 1 is 1.43 bits per heavy atom. The van der Waals surface area contributed by atoms with Crippen LogP contribution in [0.25, 0.3) is 0 Å². The Morgan fingerprint density at radius 3 is 2.95 bits per heavy atom. The van der Waals surface area contributed by atoms with E-state index in [4.69, 9.17) is 4.74 Å². The molecule has 0 radical (unpaired) electrons. The molecule has 4 heteroatoms. The molecule has 1 aliphatic carbocycles. The number of hydrogen-bond donors (Lipinski definition) is 1. The first kappa shape index (κ1) is 14.8. The maximum absolute atomic E-state index is 5.42. The summed E-state index contributed by atoms with van der Waals surface area (Å²) in [4.78, 5) is 6.98. The van der Waals surface area contributed by atoms with E-state index in [9.17, 15) is 0 Å². The van der Waals surface area contributed by atoms with Crippen LogP contribution in [0, 0.1) is 0 Å². The highest BCUT2D eigenvalue weighted by Crippen LogP contribution is 2.34. The Labute approximate surface area is 127 Å². The highest BCUT2D eigenvalue weighted by molar-refractivity contribution is 5.25. The lowest BCUT2D eigenvalue weighted by atomic mass is 9.91. The molecule has 1 aromatic heterocycles. The Morgan fingerprint density at radius 2 is 2.24 bits per heavy atom. The number of rotatable bonds is 4. The summed E-state index contributed by atoms with van der Waals surface area (Å²) >= 11 is 0. The number of hydrogen-bond acceptors (Lipinski definition) is 4. The lowest BCUT2D eigenvalue weighted by Gasteiger charge is -2.46.